The second-order valence-electron chi connectivity index (χ2n) is 5.11. The number of anilines is 1. The third-order valence-electron chi connectivity index (χ3n) is 3.62. The SMILES string of the molecule is COc1ccc(C=CC(=O)Nc2c(C)c(C)nn2C)c(OC)c1. The van der Waals surface area contributed by atoms with Gasteiger partial charge in [0.1, 0.15) is 17.3 Å². The van der Waals surface area contributed by atoms with Crippen LogP contribution in [-0.4, -0.2) is 29.9 Å². The summed E-state index contributed by atoms with van der Waals surface area (Å²) < 4.78 is 12.1. The summed E-state index contributed by atoms with van der Waals surface area (Å²) in [7, 11) is 4.97. The minimum atomic E-state index is -0.228. The van der Waals surface area contributed by atoms with E-state index in [1.54, 1.807) is 38.1 Å². The molecule has 0 radical (unpaired) electrons. The molecule has 0 saturated heterocycles. The Morgan fingerprint density at radius 1 is 1.26 bits per heavy atom. The smallest absolute Gasteiger partial charge is 0.249 e. The summed E-state index contributed by atoms with van der Waals surface area (Å²) in [6, 6.07) is 5.42. The number of carbonyl (C=O) groups excluding carboxylic acids is 1. The monoisotopic (exact) mass is 315 g/mol. The highest BCUT2D eigenvalue weighted by molar-refractivity contribution is 6.02. The van der Waals surface area contributed by atoms with Gasteiger partial charge in [-0.3, -0.25) is 9.48 Å². The van der Waals surface area contributed by atoms with Crippen LogP contribution in [-0.2, 0) is 11.8 Å². The number of aromatic nitrogens is 2. The number of carbonyl (C=O) groups is 1. The first-order valence-corrected chi connectivity index (χ1v) is 7.17. The third-order valence-corrected chi connectivity index (χ3v) is 3.62. The van der Waals surface area contributed by atoms with Crippen LogP contribution in [0.15, 0.2) is 24.3 Å². The summed E-state index contributed by atoms with van der Waals surface area (Å²) in [5, 5.41) is 7.11. The van der Waals surface area contributed by atoms with E-state index in [-0.39, 0.29) is 5.91 Å². The summed E-state index contributed by atoms with van der Waals surface area (Å²) in [4.78, 5) is 12.1. The lowest BCUT2D eigenvalue weighted by atomic mass is 10.1. The van der Waals surface area contributed by atoms with Gasteiger partial charge in [-0.25, -0.2) is 0 Å². The average Bonchev–Trinajstić information content (AvgIpc) is 2.79. The Kier molecular flexibility index (Phi) is 5.05. The number of rotatable bonds is 5. The van der Waals surface area contributed by atoms with E-state index in [0.29, 0.717) is 17.3 Å². The van der Waals surface area contributed by atoms with Crippen molar-refractivity contribution < 1.29 is 14.3 Å². The number of hydrogen-bond donors (Lipinski definition) is 1. The van der Waals surface area contributed by atoms with Crippen LogP contribution in [0.25, 0.3) is 6.08 Å². The minimum absolute atomic E-state index is 0.228. The van der Waals surface area contributed by atoms with Crippen molar-refractivity contribution >= 4 is 17.8 Å². The van der Waals surface area contributed by atoms with Crippen LogP contribution < -0.4 is 14.8 Å². The first kappa shape index (κ1) is 16.6. The van der Waals surface area contributed by atoms with E-state index < -0.39 is 0 Å². The Balaban J connectivity index is 2.15. The molecule has 0 bridgehead atoms. The van der Waals surface area contributed by atoms with E-state index >= 15 is 0 Å². The van der Waals surface area contributed by atoms with Gasteiger partial charge in [0.15, 0.2) is 0 Å². The first-order chi connectivity index (χ1) is 11.0. The highest BCUT2D eigenvalue weighted by atomic mass is 16.5. The van der Waals surface area contributed by atoms with Crippen molar-refractivity contribution in [2.75, 3.05) is 19.5 Å². The van der Waals surface area contributed by atoms with Crippen molar-refractivity contribution in [2.24, 2.45) is 7.05 Å². The molecule has 0 aliphatic rings. The second kappa shape index (κ2) is 7.00. The first-order valence-electron chi connectivity index (χ1n) is 7.17. The van der Waals surface area contributed by atoms with Crippen molar-refractivity contribution in [2.45, 2.75) is 13.8 Å². The van der Waals surface area contributed by atoms with Crippen LogP contribution in [0.4, 0.5) is 5.82 Å². The van der Waals surface area contributed by atoms with Gasteiger partial charge in [-0.15, -0.1) is 0 Å². The van der Waals surface area contributed by atoms with Gasteiger partial charge in [0.2, 0.25) is 5.91 Å². The Labute approximate surface area is 135 Å². The lowest BCUT2D eigenvalue weighted by molar-refractivity contribution is -0.111. The number of ether oxygens (including phenoxy) is 2. The Hall–Kier alpha value is -2.76. The van der Waals surface area contributed by atoms with Gasteiger partial charge in [0, 0.05) is 30.3 Å². The zero-order valence-corrected chi connectivity index (χ0v) is 14.0. The predicted molar refractivity (Wildman–Crippen MR) is 89.9 cm³/mol. The molecule has 0 fully saturated rings. The number of benzene rings is 1. The summed E-state index contributed by atoms with van der Waals surface area (Å²) in [6.07, 6.45) is 3.16. The molecular weight excluding hydrogens is 294 g/mol. The molecule has 2 aromatic rings. The molecule has 1 heterocycles. The van der Waals surface area contributed by atoms with Gasteiger partial charge < -0.3 is 14.8 Å². The van der Waals surface area contributed by atoms with E-state index in [1.165, 1.54) is 6.08 Å². The van der Waals surface area contributed by atoms with Crippen molar-refractivity contribution in [3.8, 4) is 11.5 Å². The maximum atomic E-state index is 12.1. The van der Waals surface area contributed by atoms with Gasteiger partial charge in [0.25, 0.3) is 0 Å². The molecule has 6 nitrogen and oxygen atoms in total. The van der Waals surface area contributed by atoms with Crippen molar-refractivity contribution in [1.29, 1.82) is 0 Å². The molecule has 1 amide bonds. The molecule has 0 atom stereocenters. The Morgan fingerprint density at radius 2 is 2.00 bits per heavy atom. The van der Waals surface area contributed by atoms with Gasteiger partial charge in [0.05, 0.1) is 19.9 Å². The minimum Gasteiger partial charge on any atom is -0.497 e. The maximum Gasteiger partial charge on any atom is 0.249 e. The molecule has 1 aromatic heterocycles. The number of amides is 1. The molecule has 0 aliphatic heterocycles. The van der Waals surface area contributed by atoms with E-state index in [2.05, 4.69) is 10.4 Å². The predicted octanol–water partition coefficient (Wildman–Crippen LogP) is 2.71. The van der Waals surface area contributed by atoms with Crippen molar-refractivity contribution in [1.82, 2.24) is 9.78 Å². The number of hydrogen-bond acceptors (Lipinski definition) is 4. The molecule has 6 heteroatoms. The molecule has 1 N–H and O–H groups in total. The quantitative estimate of drug-likeness (QED) is 0.862. The van der Waals surface area contributed by atoms with Gasteiger partial charge in [-0.05, 0) is 32.1 Å². The molecule has 122 valence electrons. The topological polar surface area (TPSA) is 65.4 Å². The summed E-state index contributed by atoms with van der Waals surface area (Å²) in [5.74, 6) is 1.80. The molecule has 0 spiro atoms. The van der Waals surface area contributed by atoms with Crippen LogP contribution in [0.3, 0.4) is 0 Å². The van der Waals surface area contributed by atoms with E-state index in [0.717, 1.165) is 16.8 Å². The van der Waals surface area contributed by atoms with Gasteiger partial charge in [-0.2, -0.15) is 5.10 Å². The largest absolute Gasteiger partial charge is 0.497 e. The Bertz CT molecular complexity index is 748. The van der Waals surface area contributed by atoms with E-state index in [4.69, 9.17) is 9.47 Å². The number of methoxy groups -OCH3 is 2. The summed E-state index contributed by atoms with van der Waals surface area (Å²) >= 11 is 0. The molecule has 23 heavy (non-hydrogen) atoms. The second-order valence-corrected chi connectivity index (χ2v) is 5.11. The fourth-order valence-electron chi connectivity index (χ4n) is 2.22. The third kappa shape index (κ3) is 3.71. The van der Waals surface area contributed by atoms with Gasteiger partial charge >= 0.3 is 0 Å². The lowest BCUT2D eigenvalue weighted by Gasteiger charge is -2.07. The van der Waals surface area contributed by atoms with Crippen LogP contribution in [0.5, 0.6) is 11.5 Å². The fraction of sp³-hybridized carbons (Fsp3) is 0.294. The highest BCUT2D eigenvalue weighted by Crippen LogP contribution is 2.25. The maximum absolute atomic E-state index is 12.1. The summed E-state index contributed by atoms with van der Waals surface area (Å²) in [6.45, 7) is 3.83. The van der Waals surface area contributed by atoms with Crippen LogP contribution in [0.2, 0.25) is 0 Å². The fourth-order valence-corrected chi connectivity index (χ4v) is 2.22. The number of aryl methyl sites for hydroxylation is 2. The standard InChI is InChI=1S/C17H21N3O3/c1-11-12(2)19-20(3)17(11)18-16(21)9-7-13-6-8-14(22-4)10-15(13)23-5/h6-10H,1-5H3,(H,18,21). The van der Waals surface area contributed by atoms with E-state index in [1.807, 2.05) is 26.0 Å². The highest BCUT2D eigenvalue weighted by Gasteiger charge is 2.10. The zero-order valence-electron chi connectivity index (χ0n) is 14.0. The normalized spacial score (nSPS) is 10.8. The molecule has 0 saturated carbocycles. The van der Waals surface area contributed by atoms with E-state index in [9.17, 15) is 4.79 Å². The Morgan fingerprint density at radius 3 is 2.57 bits per heavy atom. The van der Waals surface area contributed by atoms with Crippen LogP contribution >= 0.6 is 0 Å². The zero-order chi connectivity index (χ0) is 17.0. The van der Waals surface area contributed by atoms with Gasteiger partial charge in [-0.1, -0.05) is 0 Å². The van der Waals surface area contributed by atoms with Crippen molar-refractivity contribution in [3.63, 3.8) is 0 Å². The summed E-state index contributed by atoms with van der Waals surface area (Å²) in [5.41, 5.74) is 2.64. The lowest BCUT2D eigenvalue weighted by Crippen LogP contribution is -2.12. The molecular formula is C17H21N3O3. The molecule has 2 rings (SSSR count). The van der Waals surface area contributed by atoms with Crippen molar-refractivity contribution in [3.05, 3.63) is 41.1 Å². The molecule has 0 unspecified atom stereocenters. The molecule has 0 aliphatic carbocycles. The number of nitrogens with zero attached hydrogens (tertiary/aromatic N) is 2. The number of nitrogens with one attached hydrogen (secondary N) is 1. The van der Waals surface area contributed by atoms with Crippen LogP contribution in [0, 0.1) is 13.8 Å². The van der Waals surface area contributed by atoms with Crippen LogP contribution in [0.1, 0.15) is 16.8 Å². The molecule has 1 aromatic carbocycles. The average molecular weight is 315 g/mol.